The second-order valence-electron chi connectivity index (χ2n) is 6.91. The smallest absolute Gasteiger partial charge is 0.316 e. The summed E-state index contributed by atoms with van der Waals surface area (Å²) in [4.78, 5) is 16.2. The van der Waals surface area contributed by atoms with E-state index in [2.05, 4.69) is 41.0 Å². The number of nitrogens with one attached hydrogen (secondary N) is 1. The maximum absolute atomic E-state index is 12.9. The lowest BCUT2D eigenvalue weighted by atomic mass is 10.1. The van der Waals surface area contributed by atoms with Crippen LogP contribution in [0.3, 0.4) is 0 Å². The minimum Gasteiger partial charge on any atom is -0.316 e. The number of carbonyl (C=O) groups excluding carboxylic acids is 1. The van der Waals surface area contributed by atoms with Crippen LogP contribution in [-0.4, -0.2) is 17.0 Å². The number of hydrogen-bond acceptors (Lipinski definition) is 2. The van der Waals surface area contributed by atoms with Crippen molar-refractivity contribution in [1.82, 2.24) is 4.90 Å². The third kappa shape index (κ3) is 3.34. The van der Waals surface area contributed by atoms with Gasteiger partial charge in [0, 0.05) is 16.6 Å². The molecule has 1 aromatic carbocycles. The summed E-state index contributed by atoms with van der Waals surface area (Å²) in [5, 5.41) is 5.24. The van der Waals surface area contributed by atoms with Gasteiger partial charge in [-0.25, -0.2) is 4.79 Å². The Kier molecular flexibility index (Phi) is 4.56. The molecule has 2 aromatic rings. The zero-order chi connectivity index (χ0) is 16.4. The number of rotatable bonds is 4. The summed E-state index contributed by atoms with van der Waals surface area (Å²) < 4.78 is 0. The second kappa shape index (κ2) is 6.98. The fourth-order valence-electron chi connectivity index (χ4n) is 4.00. The number of carbonyl (C=O) groups is 1. The van der Waals surface area contributed by atoms with Crippen molar-refractivity contribution in [3.05, 3.63) is 51.7 Å². The van der Waals surface area contributed by atoms with Crippen LogP contribution in [0, 0.1) is 0 Å². The Labute approximate surface area is 147 Å². The summed E-state index contributed by atoms with van der Waals surface area (Å²) in [7, 11) is 0. The first kappa shape index (κ1) is 15.7. The zero-order valence-corrected chi connectivity index (χ0v) is 14.8. The normalized spacial score (nSPS) is 17.0. The molecule has 2 amide bonds. The molecule has 1 fully saturated rings. The van der Waals surface area contributed by atoms with Gasteiger partial charge < -0.3 is 10.2 Å². The van der Waals surface area contributed by atoms with Gasteiger partial charge in [-0.2, -0.15) is 0 Å². The summed E-state index contributed by atoms with van der Waals surface area (Å²) in [5.41, 5.74) is 3.78. The molecule has 4 heteroatoms. The largest absolute Gasteiger partial charge is 0.322 e. The third-order valence-electron chi connectivity index (χ3n) is 5.28. The predicted molar refractivity (Wildman–Crippen MR) is 99.6 cm³/mol. The number of urea groups is 1. The van der Waals surface area contributed by atoms with E-state index < -0.39 is 0 Å². The van der Waals surface area contributed by atoms with E-state index in [1.54, 1.807) is 11.3 Å². The molecule has 0 aliphatic heterocycles. The summed E-state index contributed by atoms with van der Waals surface area (Å²) in [6.07, 6.45) is 8.28. The Morgan fingerprint density at radius 1 is 1.12 bits per heavy atom. The minimum atomic E-state index is 0.0493. The molecule has 0 bridgehead atoms. The van der Waals surface area contributed by atoms with E-state index in [1.165, 1.54) is 41.7 Å². The highest BCUT2D eigenvalue weighted by molar-refractivity contribution is 7.09. The Morgan fingerprint density at radius 3 is 2.75 bits per heavy atom. The van der Waals surface area contributed by atoms with Gasteiger partial charge in [-0.05, 0) is 66.8 Å². The lowest BCUT2D eigenvalue weighted by molar-refractivity contribution is 0.185. The lowest BCUT2D eigenvalue weighted by Gasteiger charge is -2.29. The molecule has 2 aliphatic carbocycles. The maximum Gasteiger partial charge on any atom is 0.322 e. The Balaban J connectivity index is 1.50. The van der Waals surface area contributed by atoms with Crippen LogP contribution in [0.5, 0.6) is 0 Å². The van der Waals surface area contributed by atoms with E-state index in [4.69, 9.17) is 0 Å². The number of anilines is 1. The van der Waals surface area contributed by atoms with Crippen LogP contribution >= 0.6 is 11.3 Å². The van der Waals surface area contributed by atoms with E-state index in [0.29, 0.717) is 6.04 Å². The molecule has 126 valence electrons. The van der Waals surface area contributed by atoms with Crippen molar-refractivity contribution in [2.45, 2.75) is 57.5 Å². The van der Waals surface area contributed by atoms with Gasteiger partial charge in [0.1, 0.15) is 0 Å². The maximum atomic E-state index is 12.9. The summed E-state index contributed by atoms with van der Waals surface area (Å²) in [6, 6.07) is 11.0. The first-order valence-electron chi connectivity index (χ1n) is 9.01. The molecule has 4 rings (SSSR count). The van der Waals surface area contributed by atoms with Crippen molar-refractivity contribution in [3.8, 4) is 0 Å². The van der Waals surface area contributed by atoms with Gasteiger partial charge in [-0.1, -0.05) is 25.0 Å². The van der Waals surface area contributed by atoms with Gasteiger partial charge in [-0.3, -0.25) is 0 Å². The first-order chi connectivity index (χ1) is 11.8. The first-order valence-corrected chi connectivity index (χ1v) is 9.89. The molecule has 1 N–H and O–H groups in total. The van der Waals surface area contributed by atoms with Crippen LogP contribution in [0.2, 0.25) is 0 Å². The molecule has 1 saturated carbocycles. The number of aryl methyl sites for hydroxylation is 2. The van der Waals surface area contributed by atoms with Gasteiger partial charge in [0.2, 0.25) is 0 Å². The number of nitrogens with zero attached hydrogens (tertiary/aromatic N) is 1. The van der Waals surface area contributed by atoms with Crippen molar-refractivity contribution in [2.24, 2.45) is 0 Å². The van der Waals surface area contributed by atoms with Crippen molar-refractivity contribution < 1.29 is 4.79 Å². The fraction of sp³-hybridized carbons (Fsp3) is 0.450. The Morgan fingerprint density at radius 2 is 1.96 bits per heavy atom. The van der Waals surface area contributed by atoms with Crippen LogP contribution in [0.4, 0.5) is 10.5 Å². The van der Waals surface area contributed by atoms with Gasteiger partial charge >= 0.3 is 6.03 Å². The van der Waals surface area contributed by atoms with Gasteiger partial charge in [0.15, 0.2) is 0 Å². The molecule has 0 spiro atoms. The zero-order valence-electron chi connectivity index (χ0n) is 14.0. The van der Waals surface area contributed by atoms with E-state index in [9.17, 15) is 4.79 Å². The molecule has 0 saturated heterocycles. The van der Waals surface area contributed by atoms with Crippen molar-refractivity contribution >= 4 is 23.1 Å². The standard InChI is InChI=1S/C20H24N2OS/c23-20(21-17-11-10-15-5-3-6-16(15)13-17)22(18-7-1-2-8-18)14-19-9-4-12-24-19/h4,9-13,18H,1-3,5-8,14H2,(H,21,23). The molecule has 1 aromatic heterocycles. The number of amides is 2. The van der Waals surface area contributed by atoms with Crippen LogP contribution < -0.4 is 5.32 Å². The topological polar surface area (TPSA) is 32.3 Å². The average Bonchev–Trinajstić information content (AvgIpc) is 3.33. The van der Waals surface area contributed by atoms with Crippen molar-refractivity contribution in [1.29, 1.82) is 0 Å². The summed E-state index contributed by atoms with van der Waals surface area (Å²) in [5.74, 6) is 0. The van der Waals surface area contributed by atoms with Crippen molar-refractivity contribution in [2.75, 3.05) is 5.32 Å². The lowest BCUT2D eigenvalue weighted by Crippen LogP contribution is -2.40. The van der Waals surface area contributed by atoms with E-state index in [0.717, 1.165) is 31.5 Å². The van der Waals surface area contributed by atoms with Gasteiger partial charge in [0.05, 0.1) is 6.54 Å². The molecule has 2 aliphatic rings. The molecule has 1 heterocycles. The minimum absolute atomic E-state index is 0.0493. The molecule has 24 heavy (non-hydrogen) atoms. The highest BCUT2D eigenvalue weighted by atomic mass is 32.1. The predicted octanol–water partition coefficient (Wildman–Crippen LogP) is 5.21. The van der Waals surface area contributed by atoms with Crippen LogP contribution in [-0.2, 0) is 19.4 Å². The van der Waals surface area contributed by atoms with Crippen molar-refractivity contribution in [3.63, 3.8) is 0 Å². The molecule has 0 unspecified atom stereocenters. The van der Waals surface area contributed by atoms with E-state index in [1.807, 2.05) is 4.90 Å². The second-order valence-corrected chi connectivity index (χ2v) is 7.94. The molecule has 3 nitrogen and oxygen atoms in total. The average molecular weight is 340 g/mol. The van der Waals surface area contributed by atoms with E-state index in [-0.39, 0.29) is 6.03 Å². The molecular formula is C20H24N2OS. The third-order valence-corrected chi connectivity index (χ3v) is 6.14. The van der Waals surface area contributed by atoms with Crippen LogP contribution in [0.1, 0.15) is 48.1 Å². The molecular weight excluding hydrogens is 316 g/mol. The SMILES string of the molecule is O=C(Nc1ccc2c(c1)CCC2)N(Cc1cccs1)C1CCCC1. The Hall–Kier alpha value is -1.81. The monoisotopic (exact) mass is 340 g/mol. The van der Waals surface area contributed by atoms with E-state index >= 15 is 0 Å². The highest BCUT2D eigenvalue weighted by Gasteiger charge is 2.27. The molecule has 0 atom stereocenters. The number of fused-ring (bicyclic) bond motifs is 1. The van der Waals surface area contributed by atoms with Crippen LogP contribution in [0.15, 0.2) is 35.7 Å². The van der Waals surface area contributed by atoms with Crippen LogP contribution in [0.25, 0.3) is 0 Å². The molecule has 0 radical (unpaired) electrons. The number of thiophene rings is 1. The quantitative estimate of drug-likeness (QED) is 0.814. The van der Waals surface area contributed by atoms with Gasteiger partial charge in [-0.15, -0.1) is 11.3 Å². The number of benzene rings is 1. The highest BCUT2D eigenvalue weighted by Crippen LogP contribution is 2.28. The summed E-state index contributed by atoms with van der Waals surface area (Å²) >= 11 is 1.73. The fourth-order valence-corrected chi connectivity index (χ4v) is 4.70. The summed E-state index contributed by atoms with van der Waals surface area (Å²) in [6.45, 7) is 0.721. The Bertz CT molecular complexity index is 704. The van der Waals surface area contributed by atoms with Gasteiger partial charge in [0.25, 0.3) is 0 Å². The number of hydrogen-bond donors (Lipinski definition) is 1.